The molecule has 0 radical (unpaired) electrons. The zero-order chi connectivity index (χ0) is 24.1. The molecule has 9 heteroatoms. The van der Waals surface area contributed by atoms with E-state index in [-0.39, 0.29) is 23.8 Å². The first-order valence-corrected chi connectivity index (χ1v) is 11.0. The molecule has 176 valence electrons. The lowest BCUT2D eigenvalue weighted by Crippen LogP contribution is -2.47. The van der Waals surface area contributed by atoms with Gasteiger partial charge in [0.05, 0.1) is 12.8 Å². The molecule has 34 heavy (non-hydrogen) atoms. The van der Waals surface area contributed by atoms with Gasteiger partial charge in [0, 0.05) is 42.0 Å². The van der Waals surface area contributed by atoms with Crippen LogP contribution < -0.4 is 15.4 Å². The number of halogens is 1. The second-order valence-electron chi connectivity index (χ2n) is 8.17. The molecule has 8 nitrogen and oxygen atoms in total. The normalized spacial score (nSPS) is 13.9. The Kier molecular flexibility index (Phi) is 7.01. The summed E-state index contributed by atoms with van der Waals surface area (Å²) < 4.78 is 18.7. The Balaban J connectivity index is 1.28. The molecule has 0 spiro atoms. The number of benzene rings is 2. The molecule has 4 rings (SSSR count). The van der Waals surface area contributed by atoms with Crippen LogP contribution in [-0.2, 0) is 0 Å². The van der Waals surface area contributed by atoms with Crippen LogP contribution in [0.3, 0.4) is 0 Å². The molecule has 1 saturated heterocycles. The van der Waals surface area contributed by atoms with Crippen LogP contribution in [0.4, 0.5) is 14.9 Å². The van der Waals surface area contributed by atoms with E-state index >= 15 is 0 Å². The molecule has 0 aliphatic carbocycles. The molecule has 3 aromatic rings. The molecular weight excluding hydrogens is 437 g/mol. The van der Waals surface area contributed by atoms with Crippen LogP contribution >= 0.6 is 0 Å². The van der Waals surface area contributed by atoms with E-state index in [0.29, 0.717) is 54.3 Å². The van der Waals surface area contributed by atoms with Crippen molar-refractivity contribution in [3.8, 4) is 17.1 Å². The lowest BCUT2D eigenvalue weighted by atomic mass is 10.0. The minimum Gasteiger partial charge on any atom is -0.480 e. The smallest absolute Gasteiger partial charge is 0.319 e. The van der Waals surface area contributed by atoms with E-state index in [1.165, 1.54) is 13.2 Å². The molecule has 0 saturated carbocycles. The third-order valence-corrected chi connectivity index (χ3v) is 5.82. The maximum atomic E-state index is 13.7. The van der Waals surface area contributed by atoms with Gasteiger partial charge in [-0.3, -0.25) is 4.79 Å². The van der Waals surface area contributed by atoms with Gasteiger partial charge in [0.1, 0.15) is 5.82 Å². The Morgan fingerprint density at radius 1 is 1.03 bits per heavy atom. The Labute approximate surface area is 197 Å². The van der Waals surface area contributed by atoms with Gasteiger partial charge in [-0.25, -0.2) is 9.18 Å². The number of aromatic nitrogens is 2. The molecule has 2 N–H and O–H groups in total. The van der Waals surface area contributed by atoms with E-state index in [0.717, 1.165) is 5.56 Å². The van der Waals surface area contributed by atoms with Gasteiger partial charge < -0.3 is 20.3 Å². The Hall–Kier alpha value is -4.01. The van der Waals surface area contributed by atoms with Crippen LogP contribution in [0.5, 0.6) is 5.88 Å². The average Bonchev–Trinajstić information content (AvgIpc) is 2.86. The molecule has 2 heterocycles. The van der Waals surface area contributed by atoms with E-state index in [1.807, 2.05) is 18.2 Å². The number of aryl methyl sites for hydroxylation is 1. The van der Waals surface area contributed by atoms with Crippen molar-refractivity contribution < 1.29 is 18.7 Å². The van der Waals surface area contributed by atoms with Gasteiger partial charge in [-0.1, -0.05) is 18.2 Å². The first-order valence-electron chi connectivity index (χ1n) is 11.0. The molecule has 1 aliphatic heterocycles. The first-order chi connectivity index (χ1) is 16.4. The summed E-state index contributed by atoms with van der Waals surface area (Å²) in [6.45, 7) is 2.74. The van der Waals surface area contributed by atoms with Crippen LogP contribution in [0.15, 0.2) is 54.6 Å². The summed E-state index contributed by atoms with van der Waals surface area (Å²) >= 11 is 0. The minimum absolute atomic E-state index is 0.0506. The number of hydrogen-bond donors (Lipinski definition) is 2. The standard InChI is InChI=1S/C25H26FN5O3/c1-16-3-8-20(15-21(16)26)28-25(33)27-19-11-13-31(14-12-19)24(32)18-6-4-17(5-7-18)22-9-10-23(34-2)30-29-22/h3-10,15,19H,11-14H2,1-2H3,(H2,27,28,33). The second-order valence-corrected chi connectivity index (χ2v) is 8.17. The lowest BCUT2D eigenvalue weighted by molar-refractivity contribution is 0.0709. The number of piperidine rings is 1. The number of amides is 3. The number of carbonyl (C=O) groups excluding carboxylic acids is 2. The molecule has 0 bridgehead atoms. The number of urea groups is 1. The summed E-state index contributed by atoms with van der Waals surface area (Å²) in [5.74, 6) is 0.0231. The quantitative estimate of drug-likeness (QED) is 0.596. The third kappa shape index (κ3) is 5.48. The second kappa shape index (κ2) is 10.3. The highest BCUT2D eigenvalue weighted by atomic mass is 19.1. The summed E-state index contributed by atoms with van der Waals surface area (Å²) in [6.07, 6.45) is 1.28. The number of nitrogens with one attached hydrogen (secondary N) is 2. The van der Waals surface area contributed by atoms with Crippen molar-refractivity contribution in [2.45, 2.75) is 25.8 Å². The highest BCUT2D eigenvalue weighted by molar-refractivity contribution is 5.95. The molecule has 3 amide bonds. The summed E-state index contributed by atoms with van der Waals surface area (Å²) in [5, 5.41) is 13.6. The van der Waals surface area contributed by atoms with E-state index in [4.69, 9.17) is 4.74 Å². The van der Waals surface area contributed by atoms with E-state index < -0.39 is 0 Å². The van der Waals surface area contributed by atoms with Crippen molar-refractivity contribution >= 4 is 17.6 Å². The lowest BCUT2D eigenvalue weighted by Gasteiger charge is -2.32. The number of ether oxygens (including phenoxy) is 1. The van der Waals surface area contributed by atoms with E-state index in [9.17, 15) is 14.0 Å². The van der Waals surface area contributed by atoms with Crippen LogP contribution in [0.1, 0.15) is 28.8 Å². The predicted molar refractivity (Wildman–Crippen MR) is 126 cm³/mol. The predicted octanol–water partition coefficient (Wildman–Crippen LogP) is 4.03. The number of anilines is 1. The van der Waals surface area contributed by atoms with Crippen LogP contribution in [0.25, 0.3) is 11.3 Å². The van der Waals surface area contributed by atoms with Crippen molar-refractivity contribution in [2.75, 3.05) is 25.5 Å². The van der Waals surface area contributed by atoms with Crippen molar-refractivity contribution in [3.05, 3.63) is 71.5 Å². The fraction of sp³-hybridized carbons (Fsp3) is 0.280. The van der Waals surface area contributed by atoms with Gasteiger partial charge in [0.2, 0.25) is 5.88 Å². The maximum absolute atomic E-state index is 13.7. The molecular formula is C25H26FN5O3. The number of carbonyl (C=O) groups is 2. The number of hydrogen-bond acceptors (Lipinski definition) is 5. The number of methoxy groups -OCH3 is 1. The van der Waals surface area contributed by atoms with Crippen LogP contribution in [0.2, 0.25) is 0 Å². The Bertz CT molecular complexity index is 1160. The van der Waals surface area contributed by atoms with Gasteiger partial charge in [0.15, 0.2) is 0 Å². The van der Waals surface area contributed by atoms with Crippen molar-refractivity contribution in [1.29, 1.82) is 0 Å². The summed E-state index contributed by atoms with van der Waals surface area (Å²) in [7, 11) is 1.53. The molecule has 1 aliphatic rings. The molecule has 1 fully saturated rings. The Morgan fingerprint density at radius 3 is 2.38 bits per heavy atom. The summed E-state index contributed by atoms with van der Waals surface area (Å²) in [4.78, 5) is 26.9. The van der Waals surface area contributed by atoms with Gasteiger partial charge in [-0.15, -0.1) is 10.2 Å². The van der Waals surface area contributed by atoms with Gasteiger partial charge >= 0.3 is 6.03 Å². The Morgan fingerprint density at radius 2 is 1.76 bits per heavy atom. The highest BCUT2D eigenvalue weighted by Gasteiger charge is 2.24. The topological polar surface area (TPSA) is 96.5 Å². The molecule has 0 unspecified atom stereocenters. The van der Waals surface area contributed by atoms with Crippen molar-refractivity contribution in [1.82, 2.24) is 20.4 Å². The maximum Gasteiger partial charge on any atom is 0.319 e. The van der Waals surface area contributed by atoms with E-state index in [1.54, 1.807) is 42.2 Å². The SMILES string of the molecule is COc1ccc(-c2ccc(C(=O)N3CCC(NC(=O)Nc4ccc(C)c(F)c4)CC3)cc2)nn1. The summed E-state index contributed by atoms with van der Waals surface area (Å²) in [5.41, 5.74) is 3.06. The first kappa shape index (κ1) is 23.2. The molecule has 2 aromatic carbocycles. The minimum atomic E-state index is -0.384. The monoisotopic (exact) mass is 463 g/mol. The number of nitrogens with zero attached hydrogens (tertiary/aromatic N) is 3. The highest BCUT2D eigenvalue weighted by Crippen LogP contribution is 2.20. The number of rotatable bonds is 5. The fourth-order valence-corrected chi connectivity index (χ4v) is 3.80. The fourth-order valence-electron chi connectivity index (χ4n) is 3.80. The van der Waals surface area contributed by atoms with E-state index in [2.05, 4.69) is 20.8 Å². The molecule has 1 aromatic heterocycles. The summed E-state index contributed by atoms with van der Waals surface area (Å²) in [6, 6.07) is 14.9. The van der Waals surface area contributed by atoms with Crippen LogP contribution in [0, 0.1) is 12.7 Å². The zero-order valence-corrected chi connectivity index (χ0v) is 19.0. The van der Waals surface area contributed by atoms with Gasteiger partial charge in [-0.05, 0) is 55.7 Å². The van der Waals surface area contributed by atoms with Crippen LogP contribution in [-0.4, -0.2) is 53.3 Å². The van der Waals surface area contributed by atoms with Crippen molar-refractivity contribution in [3.63, 3.8) is 0 Å². The number of likely N-dealkylation sites (tertiary alicyclic amines) is 1. The van der Waals surface area contributed by atoms with Gasteiger partial charge in [-0.2, -0.15) is 0 Å². The van der Waals surface area contributed by atoms with Gasteiger partial charge in [0.25, 0.3) is 5.91 Å². The van der Waals surface area contributed by atoms with Crippen molar-refractivity contribution in [2.24, 2.45) is 0 Å². The zero-order valence-electron chi connectivity index (χ0n) is 19.0. The molecule has 0 atom stereocenters. The third-order valence-electron chi connectivity index (χ3n) is 5.82. The largest absolute Gasteiger partial charge is 0.480 e. The average molecular weight is 464 g/mol.